The Morgan fingerprint density at radius 3 is 3.06 bits per heavy atom. The zero-order chi connectivity index (χ0) is 11.5. The van der Waals surface area contributed by atoms with Gasteiger partial charge < -0.3 is 5.32 Å². The third kappa shape index (κ3) is 2.19. The van der Waals surface area contributed by atoms with Crippen molar-refractivity contribution in [1.29, 1.82) is 0 Å². The molecule has 1 aliphatic heterocycles. The van der Waals surface area contributed by atoms with Gasteiger partial charge in [0.05, 0.1) is 11.9 Å². The normalized spacial score (nSPS) is 20.4. The van der Waals surface area contributed by atoms with E-state index in [0.29, 0.717) is 5.92 Å². The van der Waals surface area contributed by atoms with Crippen LogP contribution in [0.1, 0.15) is 24.5 Å². The molecular weight excluding hydrogens is 214 g/mol. The SMILES string of the molecule is c1cn(-c2cncc([C@@H]3CCCNC3)n2)cn1. The molecule has 0 amide bonds. The van der Waals surface area contributed by atoms with Gasteiger partial charge in [-0.3, -0.25) is 9.55 Å². The maximum atomic E-state index is 4.66. The lowest BCUT2D eigenvalue weighted by atomic mass is 9.96. The molecule has 17 heavy (non-hydrogen) atoms. The number of hydrogen-bond acceptors (Lipinski definition) is 4. The summed E-state index contributed by atoms with van der Waals surface area (Å²) in [4.78, 5) is 13.0. The molecule has 0 bridgehead atoms. The first-order chi connectivity index (χ1) is 8.43. The Kier molecular flexibility index (Phi) is 2.83. The van der Waals surface area contributed by atoms with Gasteiger partial charge in [0.25, 0.3) is 0 Å². The fraction of sp³-hybridized carbons (Fsp3) is 0.417. The first kappa shape index (κ1) is 10.4. The molecule has 2 aromatic heterocycles. The van der Waals surface area contributed by atoms with Crippen molar-refractivity contribution < 1.29 is 0 Å². The summed E-state index contributed by atoms with van der Waals surface area (Å²) in [6.45, 7) is 2.12. The van der Waals surface area contributed by atoms with Gasteiger partial charge in [0.2, 0.25) is 0 Å². The maximum absolute atomic E-state index is 4.66. The summed E-state index contributed by atoms with van der Waals surface area (Å²) >= 11 is 0. The number of rotatable bonds is 2. The summed E-state index contributed by atoms with van der Waals surface area (Å²) in [7, 11) is 0. The van der Waals surface area contributed by atoms with Gasteiger partial charge in [-0.25, -0.2) is 9.97 Å². The van der Waals surface area contributed by atoms with E-state index >= 15 is 0 Å². The van der Waals surface area contributed by atoms with Crippen LogP contribution in [0.4, 0.5) is 0 Å². The standard InChI is InChI=1S/C12H15N5/c1-2-10(6-13-3-1)11-7-15-8-12(16-11)17-5-4-14-9-17/h4-5,7-10,13H,1-3,6H2/t10-/m1/s1. The fourth-order valence-corrected chi connectivity index (χ4v) is 2.19. The van der Waals surface area contributed by atoms with E-state index in [1.54, 1.807) is 18.7 Å². The van der Waals surface area contributed by atoms with Crippen molar-refractivity contribution in [3.63, 3.8) is 0 Å². The lowest BCUT2D eigenvalue weighted by Crippen LogP contribution is -2.29. The second-order valence-electron chi connectivity index (χ2n) is 4.32. The molecular formula is C12H15N5. The average molecular weight is 229 g/mol. The minimum Gasteiger partial charge on any atom is -0.316 e. The van der Waals surface area contributed by atoms with Crippen LogP contribution in [-0.4, -0.2) is 32.6 Å². The Morgan fingerprint density at radius 2 is 2.29 bits per heavy atom. The van der Waals surface area contributed by atoms with Gasteiger partial charge in [-0.15, -0.1) is 0 Å². The van der Waals surface area contributed by atoms with Crippen molar-refractivity contribution in [3.05, 3.63) is 36.8 Å². The van der Waals surface area contributed by atoms with Crippen LogP contribution in [-0.2, 0) is 0 Å². The van der Waals surface area contributed by atoms with E-state index in [1.807, 2.05) is 17.0 Å². The summed E-state index contributed by atoms with van der Waals surface area (Å²) in [5, 5.41) is 3.40. The number of imidazole rings is 1. The Hall–Kier alpha value is -1.75. The van der Waals surface area contributed by atoms with Crippen molar-refractivity contribution in [2.75, 3.05) is 13.1 Å². The maximum Gasteiger partial charge on any atom is 0.156 e. The third-order valence-corrected chi connectivity index (χ3v) is 3.12. The lowest BCUT2D eigenvalue weighted by Gasteiger charge is -2.22. The van der Waals surface area contributed by atoms with Crippen LogP contribution in [0.25, 0.3) is 5.82 Å². The van der Waals surface area contributed by atoms with Crippen LogP contribution in [0.3, 0.4) is 0 Å². The molecule has 1 N–H and O–H groups in total. The van der Waals surface area contributed by atoms with Gasteiger partial charge in [-0.2, -0.15) is 0 Å². The highest BCUT2D eigenvalue weighted by Crippen LogP contribution is 2.21. The van der Waals surface area contributed by atoms with Gasteiger partial charge in [-0.1, -0.05) is 0 Å². The van der Waals surface area contributed by atoms with E-state index in [4.69, 9.17) is 0 Å². The van der Waals surface area contributed by atoms with Crippen LogP contribution in [0.5, 0.6) is 0 Å². The van der Waals surface area contributed by atoms with Gasteiger partial charge >= 0.3 is 0 Å². The molecule has 3 heterocycles. The van der Waals surface area contributed by atoms with E-state index < -0.39 is 0 Å². The molecule has 5 heteroatoms. The second-order valence-corrected chi connectivity index (χ2v) is 4.32. The van der Waals surface area contributed by atoms with E-state index in [-0.39, 0.29) is 0 Å². The molecule has 1 saturated heterocycles. The fourth-order valence-electron chi connectivity index (χ4n) is 2.19. The predicted octanol–water partition coefficient (Wildman–Crippen LogP) is 1.13. The molecule has 1 fully saturated rings. The van der Waals surface area contributed by atoms with Crippen LogP contribution in [0, 0.1) is 0 Å². The van der Waals surface area contributed by atoms with Crippen molar-refractivity contribution >= 4 is 0 Å². The molecule has 0 spiro atoms. The Morgan fingerprint density at radius 1 is 1.29 bits per heavy atom. The van der Waals surface area contributed by atoms with Crippen molar-refractivity contribution in [3.8, 4) is 5.82 Å². The monoisotopic (exact) mass is 229 g/mol. The molecule has 1 atom stereocenters. The van der Waals surface area contributed by atoms with Crippen molar-refractivity contribution in [1.82, 2.24) is 24.8 Å². The van der Waals surface area contributed by atoms with Crippen molar-refractivity contribution in [2.45, 2.75) is 18.8 Å². The highest BCUT2D eigenvalue weighted by molar-refractivity contribution is 5.21. The number of piperidine rings is 1. The molecule has 0 unspecified atom stereocenters. The Bertz CT molecular complexity index is 473. The molecule has 0 saturated carbocycles. The minimum absolute atomic E-state index is 0.486. The van der Waals surface area contributed by atoms with E-state index in [9.17, 15) is 0 Å². The van der Waals surface area contributed by atoms with Crippen LogP contribution in [0.15, 0.2) is 31.1 Å². The quantitative estimate of drug-likeness (QED) is 0.838. The van der Waals surface area contributed by atoms with Gasteiger partial charge in [0, 0.05) is 31.1 Å². The summed E-state index contributed by atoms with van der Waals surface area (Å²) < 4.78 is 1.88. The van der Waals surface area contributed by atoms with Crippen molar-refractivity contribution in [2.24, 2.45) is 0 Å². The summed E-state index contributed by atoms with van der Waals surface area (Å²) in [5.41, 5.74) is 1.07. The zero-order valence-corrected chi connectivity index (χ0v) is 9.58. The molecule has 5 nitrogen and oxygen atoms in total. The predicted molar refractivity (Wildman–Crippen MR) is 64.0 cm³/mol. The summed E-state index contributed by atoms with van der Waals surface area (Å²) in [6, 6.07) is 0. The third-order valence-electron chi connectivity index (χ3n) is 3.12. The number of aromatic nitrogens is 4. The Labute approximate surface area is 99.9 Å². The molecule has 0 aromatic carbocycles. The molecule has 1 aliphatic rings. The molecule has 88 valence electrons. The zero-order valence-electron chi connectivity index (χ0n) is 9.58. The summed E-state index contributed by atoms with van der Waals surface area (Å²) in [6.07, 6.45) is 11.4. The smallest absolute Gasteiger partial charge is 0.156 e. The van der Waals surface area contributed by atoms with E-state index in [2.05, 4.69) is 20.3 Å². The highest BCUT2D eigenvalue weighted by Gasteiger charge is 2.17. The van der Waals surface area contributed by atoms with Gasteiger partial charge in [0.1, 0.15) is 6.33 Å². The highest BCUT2D eigenvalue weighted by atomic mass is 15.1. The Balaban J connectivity index is 1.88. The van der Waals surface area contributed by atoms with E-state index in [1.165, 1.54) is 12.8 Å². The van der Waals surface area contributed by atoms with Gasteiger partial charge in [0.15, 0.2) is 5.82 Å². The van der Waals surface area contributed by atoms with Gasteiger partial charge in [-0.05, 0) is 19.4 Å². The number of nitrogens with zero attached hydrogens (tertiary/aromatic N) is 4. The average Bonchev–Trinajstić information content (AvgIpc) is 2.94. The molecule has 2 aromatic rings. The number of hydrogen-bond donors (Lipinski definition) is 1. The molecule has 0 radical (unpaired) electrons. The number of nitrogens with one attached hydrogen (secondary N) is 1. The first-order valence-corrected chi connectivity index (χ1v) is 5.94. The largest absolute Gasteiger partial charge is 0.316 e. The van der Waals surface area contributed by atoms with E-state index in [0.717, 1.165) is 24.6 Å². The van der Waals surface area contributed by atoms with Crippen LogP contribution < -0.4 is 5.32 Å². The second kappa shape index (κ2) is 4.63. The lowest BCUT2D eigenvalue weighted by molar-refractivity contribution is 0.453. The molecule has 0 aliphatic carbocycles. The molecule has 3 rings (SSSR count). The van der Waals surface area contributed by atoms with Crippen LogP contribution in [0.2, 0.25) is 0 Å². The first-order valence-electron chi connectivity index (χ1n) is 5.94. The summed E-state index contributed by atoms with van der Waals surface area (Å²) in [5.74, 6) is 1.32. The van der Waals surface area contributed by atoms with Crippen LogP contribution >= 0.6 is 0 Å². The topological polar surface area (TPSA) is 55.6 Å². The minimum atomic E-state index is 0.486.